The first kappa shape index (κ1) is 12.3. The molecule has 1 aliphatic heterocycles. The van der Waals surface area contributed by atoms with Crippen LogP contribution >= 0.6 is 11.3 Å². The second-order valence-electron chi connectivity index (χ2n) is 4.03. The molecule has 0 amide bonds. The molecular weight excluding hydrogens is 270 g/mol. The number of hydrogen-bond acceptors (Lipinski definition) is 6. The molecule has 0 aliphatic carbocycles. The van der Waals surface area contributed by atoms with Gasteiger partial charge in [-0.3, -0.25) is 4.98 Å². The maximum atomic E-state index is 12.2. The average molecular weight is 283 g/mol. The number of thiazole rings is 1. The van der Waals surface area contributed by atoms with E-state index in [0.29, 0.717) is 16.7 Å². The summed E-state index contributed by atoms with van der Waals surface area (Å²) in [6.45, 7) is 2.32. The maximum Gasteiger partial charge on any atom is 0.302 e. The fourth-order valence-corrected chi connectivity index (χ4v) is 4.23. The molecule has 3 heterocycles. The Labute approximate surface area is 112 Å². The molecule has 0 spiro atoms. The van der Waals surface area contributed by atoms with Gasteiger partial charge in [0.1, 0.15) is 17.4 Å². The monoisotopic (exact) mass is 283 g/mol. The molecule has 0 aromatic carbocycles. The Hall–Kier alpha value is -0.730. The van der Waals surface area contributed by atoms with Gasteiger partial charge in [0.15, 0.2) is 0 Å². The molecule has 1 fully saturated rings. The predicted molar refractivity (Wildman–Crippen MR) is 71.3 cm³/mol. The third-order valence-corrected chi connectivity index (χ3v) is 5.50. The number of nitrogens with one attached hydrogen (secondary N) is 1. The Bertz CT molecular complexity index is 495. The highest BCUT2D eigenvalue weighted by Crippen LogP contribution is 2.25. The van der Waals surface area contributed by atoms with E-state index in [2.05, 4.69) is 15.3 Å². The fourth-order valence-electron chi connectivity index (χ4n) is 1.82. The van der Waals surface area contributed by atoms with Crippen LogP contribution in [0, 0.1) is 0 Å². The standard InChI is InChI=1S/C11H13N3O2S2/c15-18(7-8-5-13-3-4-16-8)11-14-9-6-12-2-1-10(9)17-11/h1-2,6,8,13H,3-5,7H2. The third-order valence-electron chi connectivity index (χ3n) is 2.71. The van der Waals surface area contributed by atoms with Crippen LogP contribution in [-0.2, 0) is 15.9 Å². The molecule has 1 saturated heterocycles. The first-order valence-electron chi connectivity index (χ1n) is 5.74. The van der Waals surface area contributed by atoms with Crippen molar-refractivity contribution >= 4 is 32.7 Å². The van der Waals surface area contributed by atoms with Gasteiger partial charge in [0, 0.05) is 30.5 Å². The minimum atomic E-state index is -1.10. The first-order valence-corrected chi connectivity index (χ1v) is 7.88. The summed E-state index contributed by atoms with van der Waals surface area (Å²) in [5, 5.41) is 3.23. The number of nitrogens with zero attached hydrogens (tertiary/aromatic N) is 2. The molecule has 1 aliphatic rings. The predicted octanol–water partition coefficient (Wildman–Crippen LogP) is 0.787. The lowest BCUT2D eigenvalue weighted by Gasteiger charge is -2.23. The largest absolute Gasteiger partial charge is 0.609 e. The van der Waals surface area contributed by atoms with Crippen LogP contribution in [0.15, 0.2) is 22.8 Å². The van der Waals surface area contributed by atoms with Crippen LogP contribution in [0.3, 0.4) is 0 Å². The van der Waals surface area contributed by atoms with Crippen molar-refractivity contribution < 1.29 is 9.29 Å². The van der Waals surface area contributed by atoms with Gasteiger partial charge in [0.2, 0.25) is 0 Å². The van der Waals surface area contributed by atoms with Crippen molar-refractivity contribution in [2.75, 3.05) is 25.4 Å². The third kappa shape index (κ3) is 2.65. The summed E-state index contributed by atoms with van der Waals surface area (Å²) in [6, 6.07) is 1.90. The molecule has 18 heavy (non-hydrogen) atoms. The van der Waals surface area contributed by atoms with Gasteiger partial charge in [0.05, 0.1) is 17.5 Å². The first-order chi connectivity index (χ1) is 8.83. The summed E-state index contributed by atoms with van der Waals surface area (Å²) < 4.78 is 19.5. The van der Waals surface area contributed by atoms with Crippen LogP contribution in [0.2, 0.25) is 0 Å². The van der Waals surface area contributed by atoms with Gasteiger partial charge in [-0.15, -0.1) is 0 Å². The van der Waals surface area contributed by atoms with Crippen LogP contribution < -0.4 is 5.32 Å². The van der Waals surface area contributed by atoms with Gasteiger partial charge in [-0.2, -0.15) is 4.98 Å². The smallest absolute Gasteiger partial charge is 0.302 e. The van der Waals surface area contributed by atoms with Gasteiger partial charge in [0.25, 0.3) is 0 Å². The summed E-state index contributed by atoms with van der Waals surface area (Å²) >= 11 is 0.368. The minimum absolute atomic E-state index is 0.0183. The molecule has 2 aromatic rings. The summed E-state index contributed by atoms with van der Waals surface area (Å²) in [5.41, 5.74) is 0.813. The number of morpholine rings is 1. The van der Waals surface area contributed by atoms with Crippen LogP contribution in [0.5, 0.6) is 0 Å². The SMILES string of the molecule is [O-][S+](CC1CNCCO1)c1nc2cnccc2s1. The van der Waals surface area contributed by atoms with Gasteiger partial charge in [-0.05, 0) is 6.07 Å². The molecule has 3 rings (SSSR count). The molecule has 0 bridgehead atoms. The summed E-state index contributed by atoms with van der Waals surface area (Å²) in [5.74, 6) is 0.500. The highest BCUT2D eigenvalue weighted by molar-refractivity contribution is 7.93. The molecule has 2 aromatic heterocycles. The second-order valence-corrected chi connectivity index (χ2v) is 6.73. The molecule has 0 saturated carbocycles. The molecule has 96 valence electrons. The van der Waals surface area contributed by atoms with Crippen molar-refractivity contribution in [2.45, 2.75) is 10.4 Å². The van der Waals surface area contributed by atoms with Gasteiger partial charge < -0.3 is 14.6 Å². The van der Waals surface area contributed by atoms with Crippen molar-refractivity contribution in [1.82, 2.24) is 15.3 Å². The number of fused-ring (bicyclic) bond motifs is 1. The van der Waals surface area contributed by atoms with E-state index in [0.717, 1.165) is 23.3 Å². The summed E-state index contributed by atoms with van der Waals surface area (Å²) in [4.78, 5) is 8.37. The molecule has 2 atom stereocenters. The number of aromatic nitrogens is 2. The Kier molecular flexibility index (Phi) is 3.76. The highest BCUT2D eigenvalue weighted by atomic mass is 32.2. The van der Waals surface area contributed by atoms with E-state index < -0.39 is 11.2 Å². The Morgan fingerprint density at radius 3 is 3.33 bits per heavy atom. The van der Waals surface area contributed by atoms with Crippen LogP contribution in [0.25, 0.3) is 10.2 Å². The average Bonchev–Trinajstić information content (AvgIpc) is 2.84. The van der Waals surface area contributed by atoms with E-state index >= 15 is 0 Å². The van der Waals surface area contributed by atoms with E-state index in [1.165, 1.54) is 11.3 Å². The Morgan fingerprint density at radius 1 is 1.61 bits per heavy atom. The van der Waals surface area contributed by atoms with Gasteiger partial charge in [-0.1, -0.05) is 11.3 Å². The number of rotatable bonds is 3. The zero-order valence-electron chi connectivity index (χ0n) is 9.67. The Balaban J connectivity index is 1.72. The van der Waals surface area contributed by atoms with E-state index in [9.17, 15) is 4.55 Å². The van der Waals surface area contributed by atoms with Crippen molar-refractivity contribution in [3.63, 3.8) is 0 Å². The number of ether oxygens (including phenoxy) is 1. The normalized spacial score (nSPS) is 22.2. The topological polar surface area (TPSA) is 70.1 Å². The highest BCUT2D eigenvalue weighted by Gasteiger charge is 2.24. The molecule has 0 radical (unpaired) electrons. The summed E-state index contributed by atoms with van der Waals surface area (Å²) in [6.07, 6.45) is 3.44. The number of pyridine rings is 1. The lowest BCUT2D eigenvalue weighted by Crippen LogP contribution is -2.42. The molecular formula is C11H13N3O2S2. The second kappa shape index (κ2) is 5.50. The van der Waals surface area contributed by atoms with Gasteiger partial charge in [-0.25, -0.2) is 0 Å². The Morgan fingerprint density at radius 2 is 2.56 bits per heavy atom. The fraction of sp³-hybridized carbons (Fsp3) is 0.455. The lowest BCUT2D eigenvalue weighted by molar-refractivity contribution is 0.0430. The van der Waals surface area contributed by atoms with Gasteiger partial charge >= 0.3 is 4.34 Å². The molecule has 5 nitrogen and oxygen atoms in total. The zero-order valence-corrected chi connectivity index (χ0v) is 11.3. The van der Waals surface area contributed by atoms with Crippen molar-refractivity contribution in [3.8, 4) is 0 Å². The van der Waals surface area contributed by atoms with E-state index in [4.69, 9.17) is 4.74 Å². The van der Waals surface area contributed by atoms with Crippen LogP contribution in [0.1, 0.15) is 0 Å². The van der Waals surface area contributed by atoms with E-state index in [1.54, 1.807) is 12.4 Å². The quantitative estimate of drug-likeness (QED) is 0.843. The van der Waals surface area contributed by atoms with Crippen molar-refractivity contribution in [3.05, 3.63) is 18.5 Å². The summed E-state index contributed by atoms with van der Waals surface area (Å²) in [7, 11) is 0. The van der Waals surface area contributed by atoms with Crippen molar-refractivity contribution in [1.29, 1.82) is 0 Å². The van der Waals surface area contributed by atoms with Crippen LogP contribution in [-0.4, -0.2) is 46.1 Å². The van der Waals surface area contributed by atoms with Crippen molar-refractivity contribution in [2.24, 2.45) is 0 Å². The zero-order chi connectivity index (χ0) is 12.4. The molecule has 2 unspecified atom stereocenters. The molecule has 7 heteroatoms. The number of hydrogen-bond donors (Lipinski definition) is 1. The maximum absolute atomic E-state index is 12.2. The van der Waals surface area contributed by atoms with E-state index in [1.807, 2.05) is 6.07 Å². The lowest BCUT2D eigenvalue weighted by atomic mass is 10.3. The van der Waals surface area contributed by atoms with E-state index in [-0.39, 0.29) is 6.10 Å². The van der Waals surface area contributed by atoms with Crippen LogP contribution in [0.4, 0.5) is 0 Å². The minimum Gasteiger partial charge on any atom is -0.609 e. The molecule has 1 N–H and O–H groups in total.